The second kappa shape index (κ2) is 8.99. The minimum Gasteiger partial charge on any atom is -0.228 e. The summed E-state index contributed by atoms with van der Waals surface area (Å²) in [5.74, 6) is 0.0828. The summed E-state index contributed by atoms with van der Waals surface area (Å²) in [6, 6.07) is 14.4. The normalized spacial score (nSPS) is 12.4. The largest absolute Gasteiger partial charge is 0.238 e. The Kier molecular flexibility index (Phi) is 7.19. The summed E-state index contributed by atoms with van der Waals surface area (Å²) >= 11 is 0. The van der Waals surface area contributed by atoms with Crippen LogP contribution >= 0.6 is 0 Å². The first kappa shape index (κ1) is 21.6. The molecule has 2 aromatic rings. The molecule has 0 aromatic heterocycles. The molecule has 5 nitrogen and oxygen atoms in total. The molecule has 0 fully saturated rings. The van der Waals surface area contributed by atoms with E-state index in [2.05, 4.69) is 0 Å². The van der Waals surface area contributed by atoms with Crippen molar-refractivity contribution in [3.05, 3.63) is 65.2 Å². The molecule has 0 aliphatic carbocycles. The van der Waals surface area contributed by atoms with Crippen LogP contribution in [0.25, 0.3) is 0 Å². The summed E-state index contributed by atoms with van der Waals surface area (Å²) < 4.78 is 46.4. The lowest BCUT2D eigenvalue weighted by atomic mass is 10.0. The summed E-state index contributed by atoms with van der Waals surface area (Å²) in [5, 5.41) is 4.73. The average molecular weight is 410 g/mol. The van der Waals surface area contributed by atoms with Gasteiger partial charge in [0, 0.05) is 0 Å². The molecular weight excluding hydrogens is 382 g/mol. The number of sulfone groups is 1. The predicted molar refractivity (Wildman–Crippen MR) is 109 cm³/mol. The van der Waals surface area contributed by atoms with Crippen molar-refractivity contribution in [1.82, 2.24) is 0 Å². The van der Waals surface area contributed by atoms with Crippen molar-refractivity contribution in [2.45, 2.75) is 55.4 Å². The van der Waals surface area contributed by atoms with Crippen LogP contribution in [-0.4, -0.2) is 22.1 Å². The maximum Gasteiger partial charge on any atom is 0.238 e. The molecule has 27 heavy (non-hydrogen) atoms. The third kappa shape index (κ3) is 6.75. The Morgan fingerprint density at radius 2 is 1.15 bits per heavy atom. The van der Waals surface area contributed by atoms with Crippen LogP contribution in [0.2, 0.25) is 0 Å². The van der Waals surface area contributed by atoms with Gasteiger partial charge in [-0.2, -0.15) is 0 Å². The highest BCUT2D eigenvalue weighted by atomic mass is 32.2. The second-order valence-corrected chi connectivity index (χ2v) is 11.2. The lowest BCUT2D eigenvalue weighted by Gasteiger charge is -2.08. The van der Waals surface area contributed by atoms with E-state index in [0.29, 0.717) is 0 Å². The lowest BCUT2D eigenvalue weighted by Crippen LogP contribution is -2.15. The lowest BCUT2D eigenvalue weighted by molar-refractivity contribution is 0.586. The van der Waals surface area contributed by atoms with Crippen LogP contribution < -0.4 is 5.14 Å². The number of primary sulfonamides is 1. The molecule has 2 rings (SSSR count). The van der Waals surface area contributed by atoms with Crippen LogP contribution in [0.15, 0.2) is 53.4 Å². The van der Waals surface area contributed by atoms with Gasteiger partial charge in [-0.1, -0.05) is 36.4 Å². The van der Waals surface area contributed by atoms with Crippen molar-refractivity contribution in [1.29, 1.82) is 0 Å². The Morgan fingerprint density at radius 1 is 0.741 bits per heavy atom. The quantitative estimate of drug-likeness (QED) is 0.643. The molecule has 0 amide bonds. The molecule has 2 N–H and O–H groups in total. The Hall–Kier alpha value is -1.70. The van der Waals surface area contributed by atoms with E-state index < -0.39 is 19.9 Å². The molecule has 2 aromatic carbocycles. The van der Waals surface area contributed by atoms with E-state index in [9.17, 15) is 16.8 Å². The Bertz CT molecular complexity index is 946. The fourth-order valence-electron chi connectivity index (χ4n) is 2.71. The van der Waals surface area contributed by atoms with Gasteiger partial charge >= 0.3 is 0 Å². The molecule has 0 spiro atoms. The summed E-state index contributed by atoms with van der Waals surface area (Å²) in [6.07, 6.45) is 3.78. The summed E-state index contributed by atoms with van der Waals surface area (Å²) in [7, 11) is -6.71. The number of hydrogen-bond donors (Lipinski definition) is 1. The van der Waals surface area contributed by atoms with Gasteiger partial charge in [-0.15, -0.1) is 0 Å². The van der Waals surface area contributed by atoms with E-state index in [1.165, 1.54) is 17.7 Å². The Labute approximate surface area is 162 Å². The maximum absolute atomic E-state index is 12.0. The zero-order valence-electron chi connectivity index (χ0n) is 15.8. The summed E-state index contributed by atoms with van der Waals surface area (Å²) in [5.41, 5.74) is 3.09. The van der Waals surface area contributed by atoms with E-state index in [4.69, 9.17) is 5.14 Å². The van der Waals surface area contributed by atoms with Gasteiger partial charge in [0.15, 0.2) is 9.84 Å². The third-order valence-electron chi connectivity index (χ3n) is 4.54. The zero-order valence-corrected chi connectivity index (χ0v) is 17.4. The molecule has 0 aliphatic heterocycles. The molecule has 0 unspecified atom stereocenters. The number of aryl methyl sites for hydroxylation is 2. The van der Waals surface area contributed by atoms with Crippen molar-refractivity contribution in [3.8, 4) is 0 Å². The van der Waals surface area contributed by atoms with E-state index in [1.807, 2.05) is 24.3 Å². The molecule has 0 saturated carbocycles. The minimum absolute atomic E-state index is 0.0828. The molecule has 0 radical (unpaired) electrons. The first-order chi connectivity index (χ1) is 12.6. The molecule has 0 heterocycles. The third-order valence-corrected chi connectivity index (χ3v) is 7.64. The van der Waals surface area contributed by atoms with Crippen LogP contribution in [0, 0.1) is 0 Å². The van der Waals surface area contributed by atoms with Crippen LogP contribution in [-0.2, 0) is 38.5 Å². The minimum atomic E-state index is -3.64. The monoisotopic (exact) mass is 409 g/mol. The van der Waals surface area contributed by atoms with E-state index in [0.717, 1.165) is 36.8 Å². The molecule has 0 saturated heterocycles. The molecule has 0 atom stereocenters. The number of rotatable bonds is 9. The van der Waals surface area contributed by atoms with Crippen LogP contribution in [0.3, 0.4) is 0 Å². The Balaban J connectivity index is 1.80. The first-order valence-electron chi connectivity index (χ1n) is 8.99. The highest BCUT2D eigenvalue weighted by Gasteiger charge is 2.16. The topological polar surface area (TPSA) is 94.3 Å². The van der Waals surface area contributed by atoms with E-state index in [-0.39, 0.29) is 15.9 Å². The first-order valence-corrected chi connectivity index (χ1v) is 12.3. The fraction of sp³-hybridized carbons (Fsp3) is 0.400. The van der Waals surface area contributed by atoms with E-state index >= 15 is 0 Å². The second-order valence-electron chi connectivity index (χ2n) is 7.07. The number of benzene rings is 2. The van der Waals surface area contributed by atoms with Gasteiger partial charge in [0.25, 0.3) is 0 Å². The van der Waals surface area contributed by atoms with Crippen molar-refractivity contribution in [3.63, 3.8) is 0 Å². The van der Waals surface area contributed by atoms with Gasteiger partial charge in [0.05, 0.1) is 15.9 Å². The van der Waals surface area contributed by atoms with Crippen molar-refractivity contribution >= 4 is 19.9 Å². The fourth-order valence-corrected chi connectivity index (χ4v) is 4.21. The molecular formula is C20H27NO4S2. The summed E-state index contributed by atoms with van der Waals surface area (Å²) in [4.78, 5) is 0.130. The van der Waals surface area contributed by atoms with Gasteiger partial charge in [0.2, 0.25) is 10.0 Å². The SMILES string of the molecule is CC(C)S(=O)(=O)Cc1ccc(CCCCc2ccc(S(N)(=O)=O)cc2)cc1. The van der Waals surface area contributed by atoms with Crippen molar-refractivity contribution in [2.24, 2.45) is 5.14 Å². The maximum atomic E-state index is 12.0. The molecule has 0 aliphatic rings. The number of hydrogen-bond acceptors (Lipinski definition) is 4. The van der Waals surface area contributed by atoms with Gasteiger partial charge < -0.3 is 0 Å². The number of unbranched alkanes of at least 4 members (excludes halogenated alkanes) is 1. The molecule has 0 bridgehead atoms. The summed E-state index contributed by atoms with van der Waals surface area (Å²) in [6.45, 7) is 3.40. The van der Waals surface area contributed by atoms with Crippen molar-refractivity contribution < 1.29 is 16.8 Å². The van der Waals surface area contributed by atoms with Crippen molar-refractivity contribution in [2.75, 3.05) is 0 Å². The predicted octanol–water partition coefficient (Wildman–Crippen LogP) is 3.22. The average Bonchev–Trinajstić information content (AvgIpc) is 2.59. The highest BCUT2D eigenvalue weighted by Crippen LogP contribution is 2.15. The standard InChI is InChI=1S/C20H27NO4S2/c1-16(2)26(22,23)15-19-9-7-17(8-10-19)5-3-4-6-18-11-13-20(14-12-18)27(21,24)25/h7-14,16H,3-6,15H2,1-2H3,(H2,21,24,25). The van der Waals surface area contributed by atoms with E-state index in [1.54, 1.807) is 26.0 Å². The van der Waals surface area contributed by atoms with Crippen LogP contribution in [0.5, 0.6) is 0 Å². The zero-order chi connectivity index (χ0) is 20.1. The number of nitrogens with two attached hydrogens (primary N) is 1. The van der Waals surface area contributed by atoms with Gasteiger partial charge in [-0.25, -0.2) is 22.0 Å². The smallest absolute Gasteiger partial charge is 0.228 e. The molecule has 148 valence electrons. The van der Waals surface area contributed by atoms with Gasteiger partial charge in [-0.05, 0) is 68.4 Å². The molecule has 7 heteroatoms. The van der Waals surface area contributed by atoms with Gasteiger partial charge in [-0.3, -0.25) is 0 Å². The number of sulfonamides is 1. The Morgan fingerprint density at radius 3 is 1.56 bits per heavy atom. The van der Waals surface area contributed by atoms with Crippen LogP contribution in [0.1, 0.15) is 43.4 Å². The highest BCUT2D eigenvalue weighted by molar-refractivity contribution is 7.91. The van der Waals surface area contributed by atoms with Gasteiger partial charge in [0.1, 0.15) is 0 Å². The van der Waals surface area contributed by atoms with Crippen LogP contribution in [0.4, 0.5) is 0 Å².